The summed E-state index contributed by atoms with van der Waals surface area (Å²) in [7, 11) is 0. The van der Waals surface area contributed by atoms with E-state index in [0.29, 0.717) is 0 Å². The van der Waals surface area contributed by atoms with Gasteiger partial charge in [0, 0.05) is 18.4 Å². The largest absolute Gasteiger partial charge is 0.324 e. The number of rotatable bonds is 7. The number of unbranched alkanes of at least 4 members (excludes halogenated alkanes) is 4. The van der Waals surface area contributed by atoms with E-state index in [9.17, 15) is 0 Å². The highest BCUT2D eigenvalue weighted by atomic mass is 14.6. The second-order valence-electron chi connectivity index (χ2n) is 4.09. The monoisotopic (exact) mass is 206 g/mol. The number of pyridine rings is 1. The molecule has 2 N–H and O–H groups in total. The molecule has 0 amide bonds. The first-order valence-corrected chi connectivity index (χ1v) is 6.00. The first-order chi connectivity index (χ1) is 7.34. The molecule has 1 atom stereocenters. The van der Waals surface area contributed by atoms with Gasteiger partial charge in [0.2, 0.25) is 0 Å². The molecule has 1 heterocycles. The van der Waals surface area contributed by atoms with Crippen molar-refractivity contribution in [3.8, 4) is 0 Å². The van der Waals surface area contributed by atoms with E-state index in [4.69, 9.17) is 5.73 Å². The van der Waals surface area contributed by atoms with Gasteiger partial charge in [0.1, 0.15) is 0 Å². The Kier molecular flexibility index (Phi) is 6.02. The maximum Gasteiger partial charge on any atom is 0.0295 e. The van der Waals surface area contributed by atoms with E-state index in [1.165, 1.54) is 37.7 Å². The molecule has 1 rings (SSSR count). The van der Waals surface area contributed by atoms with E-state index >= 15 is 0 Å². The van der Waals surface area contributed by atoms with Crippen molar-refractivity contribution in [1.82, 2.24) is 4.98 Å². The zero-order chi connectivity index (χ0) is 10.9. The summed E-state index contributed by atoms with van der Waals surface area (Å²) in [5.74, 6) is 0. The minimum Gasteiger partial charge on any atom is -0.324 e. The van der Waals surface area contributed by atoms with Crippen molar-refractivity contribution in [3.63, 3.8) is 0 Å². The van der Waals surface area contributed by atoms with Crippen molar-refractivity contribution in [2.75, 3.05) is 0 Å². The Morgan fingerprint density at radius 3 is 2.47 bits per heavy atom. The van der Waals surface area contributed by atoms with Gasteiger partial charge in [-0.3, -0.25) is 4.98 Å². The molecule has 15 heavy (non-hydrogen) atoms. The highest BCUT2D eigenvalue weighted by Gasteiger charge is 2.04. The highest BCUT2D eigenvalue weighted by molar-refractivity contribution is 5.13. The lowest BCUT2D eigenvalue weighted by molar-refractivity contribution is 0.555. The van der Waals surface area contributed by atoms with Crippen LogP contribution >= 0.6 is 0 Å². The van der Waals surface area contributed by atoms with Crippen LogP contribution in [0, 0.1) is 0 Å². The first kappa shape index (κ1) is 12.2. The minimum atomic E-state index is 0.189. The van der Waals surface area contributed by atoms with Gasteiger partial charge in [0.15, 0.2) is 0 Å². The maximum absolute atomic E-state index is 6.08. The Bertz CT molecular complexity index is 246. The lowest BCUT2D eigenvalue weighted by atomic mass is 10.0. The lowest BCUT2D eigenvalue weighted by Crippen LogP contribution is -2.09. The Morgan fingerprint density at radius 1 is 1.13 bits per heavy atom. The molecule has 2 nitrogen and oxygen atoms in total. The first-order valence-electron chi connectivity index (χ1n) is 6.00. The molecule has 0 aliphatic rings. The topological polar surface area (TPSA) is 38.9 Å². The Labute approximate surface area is 92.9 Å². The molecule has 1 unspecified atom stereocenters. The molecule has 0 saturated heterocycles. The normalized spacial score (nSPS) is 12.7. The Hall–Kier alpha value is -0.890. The molecular formula is C13H22N2. The van der Waals surface area contributed by atoms with Crippen LogP contribution in [0.15, 0.2) is 24.5 Å². The average Bonchev–Trinajstić information content (AvgIpc) is 2.30. The van der Waals surface area contributed by atoms with Crippen LogP contribution in [0.2, 0.25) is 0 Å². The zero-order valence-corrected chi connectivity index (χ0v) is 9.65. The van der Waals surface area contributed by atoms with Crippen LogP contribution < -0.4 is 5.73 Å². The summed E-state index contributed by atoms with van der Waals surface area (Å²) in [6.07, 6.45) is 11.3. The van der Waals surface area contributed by atoms with Crippen LogP contribution in [-0.4, -0.2) is 4.98 Å². The Balaban J connectivity index is 2.16. The highest BCUT2D eigenvalue weighted by Crippen LogP contribution is 2.16. The third kappa shape index (κ3) is 4.93. The van der Waals surface area contributed by atoms with Gasteiger partial charge >= 0.3 is 0 Å². The van der Waals surface area contributed by atoms with Gasteiger partial charge in [-0.05, 0) is 24.1 Å². The number of hydrogen-bond acceptors (Lipinski definition) is 2. The van der Waals surface area contributed by atoms with Crippen LogP contribution in [-0.2, 0) is 0 Å². The summed E-state index contributed by atoms with van der Waals surface area (Å²) in [6, 6.07) is 4.21. The number of nitrogens with zero attached hydrogens (tertiary/aromatic N) is 1. The van der Waals surface area contributed by atoms with E-state index in [1.807, 2.05) is 24.5 Å². The predicted octanol–water partition coefficient (Wildman–Crippen LogP) is 3.44. The molecule has 0 aliphatic heterocycles. The van der Waals surface area contributed by atoms with Crippen molar-refractivity contribution in [3.05, 3.63) is 30.1 Å². The smallest absolute Gasteiger partial charge is 0.0295 e. The molecular weight excluding hydrogens is 184 g/mol. The van der Waals surface area contributed by atoms with Crippen LogP contribution in [0.3, 0.4) is 0 Å². The van der Waals surface area contributed by atoms with Crippen molar-refractivity contribution >= 4 is 0 Å². The molecule has 1 aromatic rings. The molecule has 0 radical (unpaired) electrons. The molecule has 84 valence electrons. The molecule has 0 saturated carbocycles. The van der Waals surface area contributed by atoms with Gasteiger partial charge in [-0.15, -0.1) is 0 Å². The fourth-order valence-electron chi connectivity index (χ4n) is 1.75. The molecule has 0 aromatic carbocycles. The standard InChI is InChI=1S/C13H22N2/c1-2-3-4-5-6-7-13(14)12-8-10-15-11-9-12/h8-11,13H,2-7,14H2,1H3. The van der Waals surface area contributed by atoms with E-state index in [2.05, 4.69) is 11.9 Å². The number of nitrogens with two attached hydrogens (primary N) is 1. The predicted molar refractivity (Wildman–Crippen MR) is 64.5 cm³/mol. The summed E-state index contributed by atoms with van der Waals surface area (Å²) in [5, 5.41) is 0. The molecule has 0 bridgehead atoms. The molecule has 0 spiro atoms. The van der Waals surface area contributed by atoms with Crippen LogP contribution in [0.5, 0.6) is 0 Å². The molecule has 0 aliphatic carbocycles. The van der Waals surface area contributed by atoms with Crippen LogP contribution in [0.25, 0.3) is 0 Å². The second-order valence-corrected chi connectivity index (χ2v) is 4.09. The molecule has 2 heteroatoms. The maximum atomic E-state index is 6.08. The van der Waals surface area contributed by atoms with Gasteiger partial charge in [0.25, 0.3) is 0 Å². The lowest BCUT2D eigenvalue weighted by Gasteiger charge is -2.11. The van der Waals surface area contributed by atoms with Gasteiger partial charge < -0.3 is 5.73 Å². The third-order valence-electron chi connectivity index (χ3n) is 2.75. The van der Waals surface area contributed by atoms with Gasteiger partial charge in [-0.25, -0.2) is 0 Å². The van der Waals surface area contributed by atoms with E-state index in [1.54, 1.807) is 0 Å². The summed E-state index contributed by atoms with van der Waals surface area (Å²) >= 11 is 0. The van der Waals surface area contributed by atoms with Gasteiger partial charge in [0.05, 0.1) is 0 Å². The summed E-state index contributed by atoms with van der Waals surface area (Å²) in [5.41, 5.74) is 7.29. The number of aromatic nitrogens is 1. The molecule has 1 aromatic heterocycles. The van der Waals surface area contributed by atoms with E-state index in [-0.39, 0.29) is 6.04 Å². The van der Waals surface area contributed by atoms with Gasteiger partial charge in [-0.2, -0.15) is 0 Å². The quantitative estimate of drug-likeness (QED) is 0.694. The van der Waals surface area contributed by atoms with E-state index in [0.717, 1.165) is 6.42 Å². The fraction of sp³-hybridized carbons (Fsp3) is 0.615. The SMILES string of the molecule is CCCCCCCC(N)c1ccncc1. The average molecular weight is 206 g/mol. The minimum absolute atomic E-state index is 0.189. The summed E-state index contributed by atoms with van der Waals surface area (Å²) < 4.78 is 0. The summed E-state index contributed by atoms with van der Waals surface area (Å²) in [6.45, 7) is 2.24. The van der Waals surface area contributed by atoms with Crippen LogP contribution in [0.1, 0.15) is 57.1 Å². The van der Waals surface area contributed by atoms with Crippen molar-refractivity contribution in [2.24, 2.45) is 5.73 Å². The fourth-order valence-corrected chi connectivity index (χ4v) is 1.75. The van der Waals surface area contributed by atoms with E-state index < -0.39 is 0 Å². The zero-order valence-electron chi connectivity index (χ0n) is 9.65. The van der Waals surface area contributed by atoms with Crippen LogP contribution in [0.4, 0.5) is 0 Å². The number of hydrogen-bond donors (Lipinski definition) is 1. The van der Waals surface area contributed by atoms with Crippen molar-refractivity contribution in [1.29, 1.82) is 0 Å². The molecule has 0 fully saturated rings. The second kappa shape index (κ2) is 7.41. The van der Waals surface area contributed by atoms with Gasteiger partial charge in [-0.1, -0.05) is 39.0 Å². The third-order valence-corrected chi connectivity index (χ3v) is 2.75. The van der Waals surface area contributed by atoms with Crippen molar-refractivity contribution in [2.45, 2.75) is 51.5 Å². The van der Waals surface area contributed by atoms with Crippen molar-refractivity contribution < 1.29 is 0 Å². The summed E-state index contributed by atoms with van der Waals surface area (Å²) in [4.78, 5) is 3.99. The Morgan fingerprint density at radius 2 is 1.80 bits per heavy atom.